The summed E-state index contributed by atoms with van der Waals surface area (Å²) in [5.74, 6) is 2.15. The first-order valence-electron chi connectivity index (χ1n) is 8.41. The fraction of sp³-hybridized carbons (Fsp3) is 0.706. The molecule has 1 aliphatic carbocycles. The monoisotopic (exact) mass is 288 g/mol. The largest absolute Gasteiger partial charge is 0.354 e. The minimum absolute atomic E-state index is 0.921. The van der Waals surface area contributed by atoms with Crippen LogP contribution in [-0.2, 0) is 6.54 Å². The Balaban J connectivity index is 1.55. The van der Waals surface area contributed by atoms with Crippen LogP contribution in [0.3, 0.4) is 0 Å². The molecule has 4 heteroatoms. The molecule has 2 fully saturated rings. The Labute approximate surface area is 128 Å². The Morgan fingerprint density at radius 1 is 1.19 bits per heavy atom. The molecule has 0 aromatic carbocycles. The molecule has 0 radical (unpaired) electrons. The molecule has 4 nitrogen and oxygen atoms in total. The molecule has 0 spiro atoms. The summed E-state index contributed by atoms with van der Waals surface area (Å²) >= 11 is 0. The van der Waals surface area contributed by atoms with Crippen molar-refractivity contribution in [2.45, 2.75) is 33.2 Å². The third-order valence-corrected chi connectivity index (χ3v) is 4.66. The van der Waals surface area contributed by atoms with Crippen molar-refractivity contribution in [3.63, 3.8) is 0 Å². The molecule has 2 heterocycles. The highest BCUT2D eigenvalue weighted by Gasteiger charge is 2.26. The van der Waals surface area contributed by atoms with E-state index in [1.165, 1.54) is 38.0 Å². The van der Waals surface area contributed by atoms with Crippen LogP contribution < -0.4 is 10.2 Å². The summed E-state index contributed by atoms with van der Waals surface area (Å²) in [6, 6.07) is 4.42. The molecule has 0 atom stereocenters. The maximum Gasteiger partial charge on any atom is 0.128 e. The first kappa shape index (κ1) is 14.8. The Hall–Kier alpha value is -1.13. The van der Waals surface area contributed by atoms with Gasteiger partial charge >= 0.3 is 0 Å². The van der Waals surface area contributed by atoms with Crippen LogP contribution in [0.1, 0.15) is 31.0 Å². The lowest BCUT2D eigenvalue weighted by atomic mass is 10.2. The van der Waals surface area contributed by atoms with E-state index in [4.69, 9.17) is 4.98 Å². The number of aromatic nitrogens is 1. The summed E-state index contributed by atoms with van der Waals surface area (Å²) < 4.78 is 0. The molecule has 2 aliphatic rings. The summed E-state index contributed by atoms with van der Waals surface area (Å²) in [7, 11) is 0. The van der Waals surface area contributed by atoms with Gasteiger partial charge in [0.05, 0.1) is 0 Å². The Bertz CT molecular complexity index is 462. The van der Waals surface area contributed by atoms with Crippen LogP contribution in [0, 0.1) is 12.8 Å². The normalized spacial score (nSPS) is 20.0. The van der Waals surface area contributed by atoms with Gasteiger partial charge in [-0.3, -0.25) is 4.90 Å². The molecular weight excluding hydrogens is 260 g/mol. The number of anilines is 1. The van der Waals surface area contributed by atoms with Crippen LogP contribution in [0.25, 0.3) is 0 Å². The molecule has 21 heavy (non-hydrogen) atoms. The SMILES string of the molecule is CCNCc1ccc(N2CCN(CC3CC3)CC2)nc1C. The van der Waals surface area contributed by atoms with Gasteiger partial charge in [-0.2, -0.15) is 0 Å². The molecule has 3 rings (SSSR count). The predicted octanol–water partition coefficient (Wildman–Crippen LogP) is 2.03. The van der Waals surface area contributed by atoms with Crippen LogP contribution >= 0.6 is 0 Å². The van der Waals surface area contributed by atoms with Gasteiger partial charge in [0, 0.05) is 45.0 Å². The quantitative estimate of drug-likeness (QED) is 0.868. The van der Waals surface area contributed by atoms with E-state index in [0.717, 1.165) is 43.6 Å². The van der Waals surface area contributed by atoms with Gasteiger partial charge in [0.25, 0.3) is 0 Å². The Morgan fingerprint density at radius 2 is 1.95 bits per heavy atom. The van der Waals surface area contributed by atoms with E-state index in [9.17, 15) is 0 Å². The number of pyridine rings is 1. The van der Waals surface area contributed by atoms with E-state index in [0.29, 0.717) is 0 Å². The minimum Gasteiger partial charge on any atom is -0.354 e. The van der Waals surface area contributed by atoms with E-state index >= 15 is 0 Å². The Morgan fingerprint density at radius 3 is 2.57 bits per heavy atom. The highest BCUT2D eigenvalue weighted by Crippen LogP contribution is 2.30. The van der Waals surface area contributed by atoms with Crippen LogP contribution in [-0.4, -0.2) is 49.2 Å². The van der Waals surface area contributed by atoms with Gasteiger partial charge < -0.3 is 10.2 Å². The van der Waals surface area contributed by atoms with E-state index in [2.05, 4.69) is 41.1 Å². The second-order valence-corrected chi connectivity index (χ2v) is 6.43. The molecule has 0 amide bonds. The molecule has 1 aliphatic heterocycles. The fourth-order valence-electron chi connectivity index (χ4n) is 3.02. The standard InChI is InChI=1S/C17H28N4/c1-3-18-12-16-6-7-17(19-14(16)2)21-10-8-20(9-11-21)13-15-4-5-15/h6-7,15,18H,3-5,8-13H2,1-2H3. The van der Waals surface area contributed by atoms with Gasteiger partial charge in [-0.05, 0) is 43.9 Å². The number of aryl methyl sites for hydroxylation is 1. The molecular formula is C17H28N4. The highest BCUT2D eigenvalue weighted by molar-refractivity contribution is 5.42. The number of hydrogen-bond donors (Lipinski definition) is 1. The molecule has 1 saturated heterocycles. The average molecular weight is 288 g/mol. The maximum absolute atomic E-state index is 4.82. The van der Waals surface area contributed by atoms with Crippen molar-refractivity contribution in [3.8, 4) is 0 Å². The number of hydrogen-bond acceptors (Lipinski definition) is 4. The molecule has 0 bridgehead atoms. The van der Waals surface area contributed by atoms with E-state index < -0.39 is 0 Å². The minimum atomic E-state index is 0.921. The lowest BCUT2D eigenvalue weighted by Gasteiger charge is -2.35. The van der Waals surface area contributed by atoms with Crippen LogP contribution in [0.15, 0.2) is 12.1 Å². The number of nitrogens with zero attached hydrogens (tertiary/aromatic N) is 3. The van der Waals surface area contributed by atoms with Crippen molar-refractivity contribution in [2.24, 2.45) is 5.92 Å². The van der Waals surface area contributed by atoms with Gasteiger partial charge in [-0.25, -0.2) is 4.98 Å². The summed E-state index contributed by atoms with van der Waals surface area (Å²) in [6.45, 7) is 12.1. The third-order valence-electron chi connectivity index (χ3n) is 4.66. The number of nitrogens with one attached hydrogen (secondary N) is 1. The number of piperazine rings is 1. The Kier molecular flexibility index (Phi) is 4.76. The van der Waals surface area contributed by atoms with Gasteiger partial charge in [0.15, 0.2) is 0 Å². The zero-order chi connectivity index (χ0) is 14.7. The van der Waals surface area contributed by atoms with Gasteiger partial charge in [-0.15, -0.1) is 0 Å². The lowest BCUT2D eigenvalue weighted by Crippen LogP contribution is -2.47. The van der Waals surface area contributed by atoms with Crippen LogP contribution in [0.4, 0.5) is 5.82 Å². The first-order chi connectivity index (χ1) is 10.3. The van der Waals surface area contributed by atoms with Crippen molar-refractivity contribution < 1.29 is 0 Å². The molecule has 116 valence electrons. The fourth-order valence-corrected chi connectivity index (χ4v) is 3.02. The lowest BCUT2D eigenvalue weighted by molar-refractivity contribution is 0.247. The van der Waals surface area contributed by atoms with E-state index in [1.54, 1.807) is 0 Å². The summed E-state index contributed by atoms with van der Waals surface area (Å²) in [4.78, 5) is 9.88. The smallest absolute Gasteiger partial charge is 0.128 e. The zero-order valence-electron chi connectivity index (χ0n) is 13.4. The number of rotatable bonds is 6. The van der Waals surface area contributed by atoms with Crippen LogP contribution in [0.5, 0.6) is 0 Å². The van der Waals surface area contributed by atoms with Gasteiger partial charge in [0.2, 0.25) is 0 Å². The highest BCUT2D eigenvalue weighted by atomic mass is 15.3. The third kappa shape index (κ3) is 3.95. The first-order valence-corrected chi connectivity index (χ1v) is 8.41. The van der Waals surface area contributed by atoms with Crippen molar-refractivity contribution >= 4 is 5.82 Å². The van der Waals surface area contributed by atoms with Crippen molar-refractivity contribution in [3.05, 3.63) is 23.4 Å². The van der Waals surface area contributed by atoms with Gasteiger partial charge in [0.1, 0.15) is 5.82 Å². The molecule has 1 aromatic heterocycles. The second-order valence-electron chi connectivity index (χ2n) is 6.43. The summed E-state index contributed by atoms with van der Waals surface area (Å²) in [5.41, 5.74) is 2.47. The van der Waals surface area contributed by atoms with Gasteiger partial charge in [-0.1, -0.05) is 13.0 Å². The second kappa shape index (κ2) is 6.75. The van der Waals surface area contributed by atoms with Crippen molar-refractivity contribution in [1.82, 2.24) is 15.2 Å². The summed E-state index contributed by atoms with van der Waals surface area (Å²) in [6.07, 6.45) is 2.91. The summed E-state index contributed by atoms with van der Waals surface area (Å²) in [5, 5.41) is 3.37. The van der Waals surface area contributed by atoms with Crippen LogP contribution in [0.2, 0.25) is 0 Å². The molecule has 0 unspecified atom stereocenters. The van der Waals surface area contributed by atoms with Crippen molar-refractivity contribution in [1.29, 1.82) is 0 Å². The molecule has 1 saturated carbocycles. The maximum atomic E-state index is 4.82. The predicted molar refractivity (Wildman–Crippen MR) is 87.7 cm³/mol. The molecule has 1 N–H and O–H groups in total. The average Bonchev–Trinajstić information content (AvgIpc) is 3.31. The van der Waals surface area contributed by atoms with Crippen molar-refractivity contribution in [2.75, 3.05) is 44.2 Å². The zero-order valence-corrected chi connectivity index (χ0v) is 13.4. The van der Waals surface area contributed by atoms with E-state index in [1.807, 2.05) is 0 Å². The molecule has 1 aromatic rings. The topological polar surface area (TPSA) is 31.4 Å². The van der Waals surface area contributed by atoms with E-state index in [-0.39, 0.29) is 0 Å².